The molecule has 0 aliphatic carbocycles. The van der Waals surface area contributed by atoms with Crippen LogP contribution >= 0.6 is 12.4 Å². The van der Waals surface area contributed by atoms with Crippen LogP contribution < -0.4 is 10.2 Å². The maximum absolute atomic E-state index is 13.1. The summed E-state index contributed by atoms with van der Waals surface area (Å²) < 4.78 is 11.9. The van der Waals surface area contributed by atoms with Crippen molar-refractivity contribution in [3.8, 4) is 17.1 Å². The Labute approximate surface area is 172 Å². The third-order valence-electron chi connectivity index (χ3n) is 5.16. The molecule has 0 fully saturated rings. The van der Waals surface area contributed by atoms with Crippen LogP contribution in [0.1, 0.15) is 30.5 Å². The lowest BCUT2D eigenvalue weighted by Gasteiger charge is -2.21. The first-order valence-corrected chi connectivity index (χ1v) is 9.42. The first kappa shape index (κ1) is 22.0. The number of ether oxygens (including phenoxy) is 1. The number of methoxy groups -OCH3 is 1. The van der Waals surface area contributed by atoms with Crippen LogP contribution in [0.3, 0.4) is 0 Å². The van der Waals surface area contributed by atoms with Gasteiger partial charge in [-0.25, -0.2) is 0 Å². The smallest absolute Gasteiger partial charge is 0.196 e. The normalized spacial score (nSPS) is 10.9. The van der Waals surface area contributed by atoms with Crippen molar-refractivity contribution in [3.63, 3.8) is 0 Å². The summed E-state index contributed by atoms with van der Waals surface area (Å²) >= 11 is 0. The second-order valence-electron chi connectivity index (χ2n) is 6.84. The van der Waals surface area contributed by atoms with E-state index in [1.54, 1.807) is 13.2 Å². The molecule has 1 aromatic heterocycles. The minimum absolute atomic E-state index is 0. The van der Waals surface area contributed by atoms with Crippen molar-refractivity contribution < 1.29 is 9.15 Å². The molecule has 28 heavy (non-hydrogen) atoms. The zero-order chi connectivity index (χ0) is 19.6. The van der Waals surface area contributed by atoms with Crippen molar-refractivity contribution in [2.45, 2.75) is 34.2 Å². The molecule has 0 radical (unpaired) electrons. The molecule has 2 aromatic carbocycles. The molecule has 1 heterocycles. The number of halogens is 1. The minimum atomic E-state index is 0. The Balaban J connectivity index is 0.00000280. The van der Waals surface area contributed by atoms with Crippen LogP contribution in [0.5, 0.6) is 5.75 Å². The molecule has 3 aromatic rings. The lowest BCUT2D eigenvalue weighted by Crippen LogP contribution is -2.23. The predicted molar refractivity (Wildman–Crippen MR) is 118 cm³/mol. The van der Waals surface area contributed by atoms with Gasteiger partial charge in [-0.1, -0.05) is 43.7 Å². The molecular weight excluding hydrogens is 374 g/mol. The van der Waals surface area contributed by atoms with Gasteiger partial charge in [0.25, 0.3) is 0 Å². The average Bonchev–Trinajstić information content (AvgIpc) is 2.69. The largest absolute Gasteiger partial charge is 0.496 e. The summed E-state index contributed by atoms with van der Waals surface area (Å²) in [6.45, 7) is 10.6. The Kier molecular flexibility index (Phi) is 7.28. The van der Waals surface area contributed by atoms with Crippen molar-refractivity contribution in [1.29, 1.82) is 0 Å². The number of fused-ring (bicyclic) bond motifs is 1. The molecule has 0 atom stereocenters. The van der Waals surface area contributed by atoms with Gasteiger partial charge < -0.3 is 9.15 Å². The number of rotatable bonds is 6. The fourth-order valence-corrected chi connectivity index (χ4v) is 3.38. The Bertz CT molecular complexity index is 1010. The molecule has 0 spiro atoms. The van der Waals surface area contributed by atoms with E-state index in [4.69, 9.17) is 9.15 Å². The molecule has 0 saturated heterocycles. The second kappa shape index (κ2) is 9.26. The van der Waals surface area contributed by atoms with E-state index in [2.05, 4.69) is 18.7 Å². The van der Waals surface area contributed by atoms with E-state index >= 15 is 0 Å². The number of hydrogen-bond acceptors (Lipinski definition) is 4. The summed E-state index contributed by atoms with van der Waals surface area (Å²) in [5, 5.41) is 0.603. The first-order chi connectivity index (χ1) is 13.0. The zero-order valence-electron chi connectivity index (χ0n) is 17.2. The molecule has 150 valence electrons. The minimum Gasteiger partial charge on any atom is -0.496 e. The first-order valence-electron chi connectivity index (χ1n) is 9.42. The molecule has 0 unspecified atom stereocenters. The van der Waals surface area contributed by atoms with Crippen molar-refractivity contribution in [3.05, 3.63) is 63.3 Å². The van der Waals surface area contributed by atoms with Gasteiger partial charge in [-0.05, 0) is 39.1 Å². The number of benzene rings is 2. The molecule has 0 aliphatic rings. The zero-order valence-corrected chi connectivity index (χ0v) is 18.0. The summed E-state index contributed by atoms with van der Waals surface area (Å²) in [6, 6.07) is 11.7. The fourth-order valence-electron chi connectivity index (χ4n) is 3.38. The lowest BCUT2D eigenvalue weighted by molar-refractivity contribution is 0.289. The Hall–Kier alpha value is -2.30. The molecule has 0 N–H and O–H groups in total. The van der Waals surface area contributed by atoms with Gasteiger partial charge in [-0.3, -0.25) is 9.69 Å². The van der Waals surface area contributed by atoms with Gasteiger partial charge in [0.05, 0.1) is 18.1 Å². The van der Waals surface area contributed by atoms with Gasteiger partial charge in [0.15, 0.2) is 5.43 Å². The Morgan fingerprint density at radius 3 is 2.21 bits per heavy atom. The van der Waals surface area contributed by atoms with Crippen LogP contribution in [0, 0.1) is 13.8 Å². The highest BCUT2D eigenvalue weighted by Crippen LogP contribution is 2.32. The van der Waals surface area contributed by atoms with Gasteiger partial charge in [0, 0.05) is 17.7 Å². The van der Waals surface area contributed by atoms with Gasteiger partial charge >= 0.3 is 0 Å². The quantitative estimate of drug-likeness (QED) is 0.558. The van der Waals surface area contributed by atoms with Crippen LogP contribution in [0.25, 0.3) is 22.3 Å². The molecule has 4 nitrogen and oxygen atoms in total. The van der Waals surface area contributed by atoms with Gasteiger partial charge in [0.2, 0.25) is 0 Å². The van der Waals surface area contributed by atoms with Crippen LogP contribution in [0.2, 0.25) is 0 Å². The topological polar surface area (TPSA) is 42.7 Å². The summed E-state index contributed by atoms with van der Waals surface area (Å²) in [6.07, 6.45) is 0. The average molecular weight is 402 g/mol. The van der Waals surface area contributed by atoms with Gasteiger partial charge in [0.1, 0.15) is 17.1 Å². The standard InChI is InChI=1S/C23H27NO3.ClH/c1-6-24(7-2)14-19-20(26-5)13-12-18-21(25)16(4)22(27-23(18)19)17-10-8-15(3)9-11-17;/h8-13H,6-7,14H2,1-5H3;1H. The maximum Gasteiger partial charge on any atom is 0.196 e. The molecule has 0 aliphatic heterocycles. The van der Waals surface area contributed by atoms with Crippen LogP contribution in [-0.4, -0.2) is 25.1 Å². The van der Waals surface area contributed by atoms with Crippen molar-refractivity contribution in [1.82, 2.24) is 4.90 Å². The van der Waals surface area contributed by atoms with E-state index in [1.165, 1.54) is 5.56 Å². The summed E-state index contributed by atoms with van der Waals surface area (Å²) in [5.74, 6) is 1.37. The van der Waals surface area contributed by atoms with Crippen LogP contribution in [-0.2, 0) is 6.54 Å². The van der Waals surface area contributed by atoms with Crippen molar-refractivity contribution in [2.24, 2.45) is 0 Å². The molecule has 0 saturated carbocycles. The molecule has 0 bridgehead atoms. The Morgan fingerprint density at radius 1 is 1.00 bits per heavy atom. The lowest BCUT2D eigenvalue weighted by atomic mass is 10.0. The van der Waals surface area contributed by atoms with Gasteiger partial charge in [-0.2, -0.15) is 0 Å². The number of aryl methyl sites for hydroxylation is 1. The van der Waals surface area contributed by atoms with Crippen LogP contribution in [0.15, 0.2) is 45.6 Å². The summed E-state index contributed by atoms with van der Waals surface area (Å²) in [4.78, 5) is 15.3. The third kappa shape index (κ3) is 4.08. The maximum atomic E-state index is 13.1. The molecule has 3 rings (SSSR count). The number of nitrogens with zero attached hydrogens (tertiary/aromatic N) is 1. The Morgan fingerprint density at radius 2 is 1.64 bits per heavy atom. The summed E-state index contributed by atoms with van der Waals surface area (Å²) in [7, 11) is 1.65. The molecule has 5 heteroatoms. The van der Waals surface area contributed by atoms with Crippen LogP contribution in [0.4, 0.5) is 0 Å². The van der Waals surface area contributed by atoms with E-state index in [1.807, 2.05) is 44.2 Å². The fraction of sp³-hybridized carbons (Fsp3) is 0.348. The van der Waals surface area contributed by atoms with E-state index in [9.17, 15) is 4.79 Å². The second-order valence-corrected chi connectivity index (χ2v) is 6.84. The van der Waals surface area contributed by atoms with E-state index in [0.717, 1.165) is 30.0 Å². The highest BCUT2D eigenvalue weighted by atomic mass is 35.5. The SMILES string of the molecule is CCN(CC)Cc1c(OC)ccc2c(=O)c(C)c(-c3ccc(C)cc3)oc12.Cl. The third-order valence-corrected chi connectivity index (χ3v) is 5.16. The molecule has 0 amide bonds. The summed E-state index contributed by atoms with van der Waals surface area (Å²) in [5.41, 5.74) is 4.26. The highest BCUT2D eigenvalue weighted by Gasteiger charge is 2.19. The van der Waals surface area contributed by atoms with Gasteiger partial charge in [-0.15, -0.1) is 12.4 Å². The monoisotopic (exact) mass is 401 g/mol. The number of hydrogen-bond donors (Lipinski definition) is 0. The highest BCUT2D eigenvalue weighted by molar-refractivity contribution is 5.85. The van der Waals surface area contributed by atoms with E-state index in [0.29, 0.717) is 28.8 Å². The molecular formula is C23H28ClNO3. The van der Waals surface area contributed by atoms with Crippen molar-refractivity contribution in [2.75, 3.05) is 20.2 Å². The van der Waals surface area contributed by atoms with E-state index < -0.39 is 0 Å². The van der Waals surface area contributed by atoms with E-state index in [-0.39, 0.29) is 17.8 Å². The predicted octanol–water partition coefficient (Wildman–Crippen LogP) is 5.35. The van der Waals surface area contributed by atoms with Crippen molar-refractivity contribution >= 4 is 23.4 Å².